The average molecular weight is 482 g/mol. The van der Waals surface area contributed by atoms with Gasteiger partial charge in [0.15, 0.2) is 0 Å². The monoisotopic (exact) mass is 480 g/mol. The predicted molar refractivity (Wildman–Crippen MR) is 127 cm³/mol. The van der Waals surface area contributed by atoms with E-state index >= 15 is 0 Å². The number of carbonyl (C=O) groups excluding carboxylic acids is 2. The van der Waals surface area contributed by atoms with Gasteiger partial charge in [-0.1, -0.05) is 78.3 Å². The largest absolute Gasteiger partial charge is 0.352 e. The molecule has 1 atom stereocenters. The Morgan fingerprint density at radius 1 is 1.00 bits per heavy atom. The van der Waals surface area contributed by atoms with Crippen LogP contribution in [0.1, 0.15) is 50.2 Å². The highest BCUT2D eigenvalue weighted by atomic mass is 35.5. The first kappa shape index (κ1) is 23.9. The van der Waals surface area contributed by atoms with Gasteiger partial charge < -0.3 is 10.2 Å². The van der Waals surface area contributed by atoms with E-state index in [-0.39, 0.29) is 30.8 Å². The molecule has 0 bridgehead atoms. The van der Waals surface area contributed by atoms with Crippen molar-refractivity contribution in [3.63, 3.8) is 0 Å². The van der Waals surface area contributed by atoms with Crippen LogP contribution in [0, 0.1) is 0 Å². The molecule has 4 nitrogen and oxygen atoms in total. The van der Waals surface area contributed by atoms with Gasteiger partial charge in [0.1, 0.15) is 6.04 Å². The first-order valence-electron chi connectivity index (χ1n) is 10.6. The highest BCUT2D eigenvalue weighted by Crippen LogP contribution is 2.24. The van der Waals surface area contributed by atoms with Crippen LogP contribution in [0.5, 0.6) is 0 Å². The summed E-state index contributed by atoms with van der Waals surface area (Å²) >= 11 is 18.4. The Kier molecular flexibility index (Phi) is 8.65. The summed E-state index contributed by atoms with van der Waals surface area (Å²) in [7, 11) is 0. The van der Waals surface area contributed by atoms with Gasteiger partial charge in [-0.2, -0.15) is 0 Å². The van der Waals surface area contributed by atoms with Crippen molar-refractivity contribution in [3.05, 3.63) is 68.7 Å². The predicted octanol–water partition coefficient (Wildman–Crippen LogP) is 6.06. The number of carbonyl (C=O) groups is 2. The molecule has 2 aromatic carbocycles. The number of nitrogens with one attached hydrogen (secondary N) is 1. The quantitative estimate of drug-likeness (QED) is 0.523. The molecule has 3 rings (SSSR count). The summed E-state index contributed by atoms with van der Waals surface area (Å²) in [6.45, 7) is 2.01. The van der Waals surface area contributed by atoms with Crippen LogP contribution in [0.4, 0.5) is 0 Å². The van der Waals surface area contributed by atoms with Crippen LogP contribution >= 0.6 is 34.8 Å². The first-order chi connectivity index (χ1) is 14.8. The maximum atomic E-state index is 13.3. The molecule has 0 radical (unpaired) electrons. The molecule has 1 aliphatic carbocycles. The van der Waals surface area contributed by atoms with E-state index in [9.17, 15) is 9.59 Å². The highest BCUT2D eigenvalue weighted by molar-refractivity contribution is 6.42. The molecule has 31 heavy (non-hydrogen) atoms. The normalized spacial score (nSPS) is 15.4. The van der Waals surface area contributed by atoms with E-state index in [0.717, 1.165) is 36.8 Å². The van der Waals surface area contributed by atoms with Gasteiger partial charge in [-0.05, 0) is 49.1 Å². The molecular formula is C24H27Cl3N2O2. The summed E-state index contributed by atoms with van der Waals surface area (Å²) in [5.41, 5.74) is 1.53. The van der Waals surface area contributed by atoms with Crippen LogP contribution in [-0.4, -0.2) is 28.8 Å². The molecule has 7 heteroatoms. The van der Waals surface area contributed by atoms with Crippen molar-refractivity contribution in [2.75, 3.05) is 0 Å². The van der Waals surface area contributed by atoms with Gasteiger partial charge in [-0.3, -0.25) is 9.59 Å². The Labute approximate surface area is 198 Å². The number of halogens is 3. The van der Waals surface area contributed by atoms with Crippen molar-refractivity contribution < 1.29 is 9.59 Å². The molecule has 1 fully saturated rings. The van der Waals surface area contributed by atoms with Crippen molar-refractivity contribution in [2.45, 2.75) is 64.1 Å². The van der Waals surface area contributed by atoms with Crippen LogP contribution in [0.25, 0.3) is 0 Å². The third-order valence-corrected chi connectivity index (χ3v) is 6.86. The summed E-state index contributed by atoms with van der Waals surface area (Å²) in [5.74, 6) is -0.314. The van der Waals surface area contributed by atoms with Crippen molar-refractivity contribution in [3.8, 4) is 0 Å². The summed E-state index contributed by atoms with van der Waals surface area (Å²) in [5, 5.41) is 4.53. The van der Waals surface area contributed by atoms with Crippen molar-refractivity contribution in [2.24, 2.45) is 0 Å². The third-order valence-electron chi connectivity index (χ3n) is 5.76. The molecule has 2 aromatic rings. The topological polar surface area (TPSA) is 49.4 Å². The molecule has 1 saturated carbocycles. The van der Waals surface area contributed by atoms with Crippen LogP contribution in [0.3, 0.4) is 0 Å². The van der Waals surface area contributed by atoms with Crippen LogP contribution in [0.2, 0.25) is 15.1 Å². The van der Waals surface area contributed by atoms with Crippen LogP contribution in [-0.2, 0) is 22.6 Å². The van der Waals surface area contributed by atoms with E-state index in [4.69, 9.17) is 34.8 Å². The van der Waals surface area contributed by atoms with Gasteiger partial charge in [0.25, 0.3) is 0 Å². The minimum absolute atomic E-state index is 0.113. The Hall–Kier alpha value is -1.75. The molecule has 1 aliphatic rings. The fourth-order valence-electron chi connectivity index (χ4n) is 3.89. The van der Waals surface area contributed by atoms with E-state index in [0.29, 0.717) is 15.1 Å². The lowest BCUT2D eigenvalue weighted by Gasteiger charge is -2.31. The molecule has 0 aliphatic heterocycles. The minimum atomic E-state index is -0.631. The van der Waals surface area contributed by atoms with Gasteiger partial charge in [0.2, 0.25) is 11.8 Å². The molecule has 1 N–H and O–H groups in total. The van der Waals surface area contributed by atoms with Gasteiger partial charge in [-0.15, -0.1) is 0 Å². The fourth-order valence-corrected chi connectivity index (χ4v) is 4.40. The number of hydrogen-bond acceptors (Lipinski definition) is 2. The lowest BCUT2D eigenvalue weighted by atomic mass is 9.95. The molecule has 0 heterocycles. The van der Waals surface area contributed by atoms with Crippen molar-refractivity contribution in [1.82, 2.24) is 10.2 Å². The summed E-state index contributed by atoms with van der Waals surface area (Å²) in [6, 6.07) is 12.0. The van der Waals surface area contributed by atoms with E-state index in [1.807, 2.05) is 18.2 Å². The Bertz CT molecular complexity index is 929. The fraction of sp³-hybridized carbons (Fsp3) is 0.417. The summed E-state index contributed by atoms with van der Waals surface area (Å²) < 4.78 is 0. The van der Waals surface area contributed by atoms with Gasteiger partial charge >= 0.3 is 0 Å². The zero-order chi connectivity index (χ0) is 22.4. The Morgan fingerprint density at radius 2 is 1.71 bits per heavy atom. The number of amides is 2. The molecular weight excluding hydrogens is 455 g/mol. The van der Waals surface area contributed by atoms with E-state index in [1.54, 1.807) is 36.1 Å². The van der Waals surface area contributed by atoms with Crippen molar-refractivity contribution >= 4 is 46.6 Å². The molecule has 1 unspecified atom stereocenters. The molecule has 0 aromatic heterocycles. The maximum Gasteiger partial charge on any atom is 0.242 e. The maximum absolute atomic E-state index is 13.3. The van der Waals surface area contributed by atoms with Gasteiger partial charge in [-0.25, -0.2) is 0 Å². The van der Waals surface area contributed by atoms with E-state index in [1.165, 1.54) is 6.42 Å². The second kappa shape index (κ2) is 11.2. The lowest BCUT2D eigenvalue weighted by molar-refractivity contribution is -0.140. The molecule has 166 valence electrons. The highest BCUT2D eigenvalue weighted by Gasteiger charge is 2.28. The van der Waals surface area contributed by atoms with Gasteiger partial charge in [0.05, 0.1) is 16.5 Å². The smallest absolute Gasteiger partial charge is 0.242 e. The molecule has 2 amide bonds. The zero-order valence-corrected chi connectivity index (χ0v) is 19.8. The van der Waals surface area contributed by atoms with E-state index in [2.05, 4.69) is 5.32 Å². The number of nitrogens with zero attached hydrogens (tertiary/aromatic N) is 1. The van der Waals surface area contributed by atoms with Crippen LogP contribution in [0.15, 0.2) is 42.5 Å². The SMILES string of the molecule is CC(C(=O)NC1CCCCC1)N(Cc1ccccc1Cl)C(=O)Cc1ccc(Cl)c(Cl)c1. The molecule has 0 saturated heterocycles. The van der Waals surface area contributed by atoms with Crippen LogP contribution < -0.4 is 5.32 Å². The number of rotatable bonds is 7. The third kappa shape index (κ3) is 6.61. The summed E-state index contributed by atoms with van der Waals surface area (Å²) in [6.07, 6.45) is 5.54. The van der Waals surface area contributed by atoms with Gasteiger partial charge in [0, 0.05) is 17.6 Å². The van der Waals surface area contributed by atoms with E-state index < -0.39 is 6.04 Å². The number of hydrogen-bond donors (Lipinski definition) is 1. The lowest BCUT2D eigenvalue weighted by Crippen LogP contribution is -2.50. The minimum Gasteiger partial charge on any atom is -0.352 e. The Balaban J connectivity index is 1.78. The second-order valence-corrected chi connectivity index (χ2v) is 9.28. The Morgan fingerprint density at radius 3 is 2.39 bits per heavy atom. The second-order valence-electron chi connectivity index (χ2n) is 8.06. The standard InChI is InChI=1S/C24H27Cl3N2O2/c1-16(24(31)28-19-8-3-2-4-9-19)29(15-18-7-5-6-10-20(18)25)23(30)14-17-11-12-21(26)22(27)13-17/h5-7,10-13,16,19H,2-4,8-9,14-15H2,1H3,(H,28,31). The zero-order valence-electron chi connectivity index (χ0n) is 17.5. The van der Waals surface area contributed by atoms with Crippen molar-refractivity contribution in [1.29, 1.82) is 0 Å². The summed E-state index contributed by atoms with van der Waals surface area (Å²) in [4.78, 5) is 27.9. The molecule has 0 spiro atoms. The average Bonchev–Trinajstić information content (AvgIpc) is 2.76. The number of benzene rings is 2. The first-order valence-corrected chi connectivity index (χ1v) is 11.8.